The Bertz CT molecular complexity index is 714. The number of aryl methyl sites for hydroxylation is 1. The zero-order chi connectivity index (χ0) is 16.4. The van der Waals surface area contributed by atoms with Gasteiger partial charge in [-0.15, -0.1) is 0 Å². The smallest absolute Gasteiger partial charge is 0.183 e. The summed E-state index contributed by atoms with van der Waals surface area (Å²) in [5.74, 6) is 0.151. The molecule has 3 nitrogen and oxygen atoms in total. The van der Waals surface area contributed by atoms with E-state index in [0.29, 0.717) is 12.6 Å². The van der Waals surface area contributed by atoms with E-state index in [1.54, 1.807) is 0 Å². The molecule has 1 fully saturated rings. The van der Waals surface area contributed by atoms with Crippen LogP contribution in [0.5, 0.6) is 0 Å². The van der Waals surface area contributed by atoms with Crippen molar-refractivity contribution in [1.82, 2.24) is 4.57 Å². The van der Waals surface area contributed by atoms with E-state index in [-0.39, 0.29) is 5.78 Å². The Morgan fingerprint density at radius 3 is 2.65 bits per heavy atom. The molecule has 122 valence electrons. The average Bonchev–Trinajstić information content (AvgIpc) is 3.14. The number of hydrogen-bond donors (Lipinski definition) is 1. The van der Waals surface area contributed by atoms with E-state index in [1.165, 1.54) is 31.4 Å². The van der Waals surface area contributed by atoms with Crippen LogP contribution in [0.15, 0.2) is 34.8 Å². The molecule has 0 atom stereocenters. The zero-order valence-corrected chi connectivity index (χ0v) is 15.3. The summed E-state index contributed by atoms with van der Waals surface area (Å²) >= 11 is 3.50. The summed E-state index contributed by atoms with van der Waals surface area (Å²) in [6.07, 6.45) is 5.07. The molecule has 23 heavy (non-hydrogen) atoms. The van der Waals surface area contributed by atoms with Crippen LogP contribution in [0.1, 0.15) is 53.5 Å². The number of anilines is 1. The molecule has 1 aliphatic rings. The number of rotatable bonds is 5. The highest BCUT2D eigenvalue weighted by atomic mass is 79.9. The first kappa shape index (κ1) is 16.3. The van der Waals surface area contributed by atoms with Crippen LogP contribution in [0.2, 0.25) is 0 Å². The molecular formula is C19H23BrN2O. The molecule has 0 unspecified atom stereocenters. The minimum atomic E-state index is 0.151. The topological polar surface area (TPSA) is 34.0 Å². The van der Waals surface area contributed by atoms with E-state index in [2.05, 4.69) is 45.7 Å². The molecule has 0 saturated heterocycles. The lowest BCUT2D eigenvalue weighted by atomic mass is 10.1. The molecule has 1 aromatic heterocycles. The molecule has 0 spiro atoms. The molecular weight excluding hydrogens is 352 g/mol. The molecule has 1 heterocycles. The fourth-order valence-corrected chi connectivity index (χ4v) is 4.08. The number of benzene rings is 1. The third-order valence-electron chi connectivity index (χ3n) is 4.79. The van der Waals surface area contributed by atoms with Gasteiger partial charge in [0.2, 0.25) is 0 Å². The quantitative estimate of drug-likeness (QED) is 0.722. The SMILES string of the molecule is Cc1cc(C(=O)CNc2ccccc2Br)c(C)n1C1CCCC1. The minimum absolute atomic E-state index is 0.151. The lowest BCUT2D eigenvalue weighted by Crippen LogP contribution is -2.16. The number of halogens is 1. The Hall–Kier alpha value is -1.55. The van der Waals surface area contributed by atoms with Gasteiger partial charge in [0.1, 0.15) is 0 Å². The predicted octanol–water partition coefficient (Wildman–Crippen LogP) is 5.28. The van der Waals surface area contributed by atoms with Gasteiger partial charge < -0.3 is 9.88 Å². The van der Waals surface area contributed by atoms with E-state index < -0.39 is 0 Å². The van der Waals surface area contributed by atoms with Gasteiger partial charge in [0.25, 0.3) is 0 Å². The van der Waals surface area contributed by atoms with Crippen molar-refractivity contribution in [2.24, 2.45) is 0 Å². The second kappa shape index (κ2) is 6.91. The molecule has 0 amide bonds. The molecule has 2 aromatic rings. The van der Waals surface area contributed by atoms with Gasteiger partial charge in [0.05, 0.1) is 6.54 Å². The van der Waals surface area contributed by atoms with E-state index in [0.717, 1.165) is 21.4 Å². The van der Waals surface area contributed by atoms with E-state index in [9.17, 15) is 4.79 Å². The molecule has 1 saturated carbocycles. The van der Waals surface area contributed by atoms with Crippen molar-refractivity contribution in [3.63, 3.8) is 0 Å². The number of carbonyl (C=O) groups is 1. The van der Waals surface area contributed by atoms with Gasteiger partial charge in [-0.05, 0) is 60.8 Å². The first-order valence-electron chi connectivity index (χ1n) is 8.28. The number of nitrogens with one attached hydrogen (secondary N) is 1. The van der Waals surface area contributed by atoms with Crippen LogP contribution in [0.25, 0.3) is 0 Å². The molecule has 1 aliphatic carbocycles. The van der Waals surface area contributed by atoms with Gasteiger partial charge in [-0.3, -0.25) is 4.79 Å². The Morgan fingerprint density at radius 2 is 1.96 bits per heavy atom. The summed E-state index contributed by atoms with van der Waals surface area (Å²) < 4.78 is 3.35. The first-order valence-corrected chi connectivity index (χ1v) is 9.07. The number of carbonyl (C=O) groups excluding carboxylic acids is 1. The molecule has 0 bridgehead atoms. The summed E-state index contributed by atoms with van der Waals surface area (Å²) in [7, 11) is 0. The van der Waals surface area contributed by atoms with Crippen LogP contribution < -0.4 is 5.32 Å². The molecule has 4 heteroatoms. The Balaban J connectivity index is 1.75. The van der Waals surface area contributed by atoms with Gasteiger partial charge >= 0.3 is 0 Å². The summed E-state index contributed by atoms with van der Waals surface area (Å²) in [5, 5.41) is 3.23. The average molecular weight is 375 g/mol. The monoisotopic (exact) mass is 374 g/mol. The number of Topliss-reactive ketones (excluding diaryl/α,β-unsaturated/α-hetero) is 1. The van der Waals surface area contributed by atoms with Crippen LogP contribution in [0, 0.1) is 13.8 Å². The maximum Gasteiger partial charge on any atom is 0.183 e. The lowest BCUT2D eigenvalue weighted by molar-refractivity contribution is 0.101. The van der Waals surface area contributed by atoms with E-state index >= 15 is 0 Å². The maximum absolute atomic E-state index is 12.6. The van der Waals surface area contributed by atoms with Crippen molar-refractivity contribution in [1.29, 1.82) is 0 Å². The van der Waals surface area contributed by atoms with Crippen molar-refractivity contribution in [2.45, 2.75) is 45.6 Å². The highest BCUT2D eigenvalue weighted by Gasteiger charge is 2.23. The van der Waals surface area contributed by atoms with Crippen molar-refractivity contribution >= 4 is 27.4 Å². The van der Waals surface area contributed by atoms with Gasteiger partial charge in [-0.2, -0.15) is 0 Å². The number of ketones is 1. The Morgan fingerprint density at radius 1 is 1.26 bits per heavy atom. The van der Waals surface area contributed by atoms with Crippen LogP contribution in [0.4, 0.5) is 5.69 Å². The number of aromatic nitrogens is 1. The van der Waals surface area contributed by atoms with Crippen molar-refractivity contribution in [3.05, 3.63) is 51.8 Å². The van der Waals surface area contributed by atoms with Crippen LogP contribution in [-0.4, -0.2) is 16.9 Å². The summed E-state index contributed by atoms with van der Waals surface area (Å²) in [6, 6.07) is 10.5. The molecule has 0 aliphatic heterocycles. The fourth-order valence-electron chi connectivity index (χ4n) is 3.66. The van der Waals surface area contributed by atoms with Crippen LogP contribution in [0.3, 0.4) is 0 Å². The molecule has 1 N–H and O–H groups in total. The summed E-state index contributed by atoms with van der Waals surface area (Å²) in [4.78, 5) is 12.6. The number of nitrogens with zero attached hydrogens (tertiary/aromatic N) is 1. The van der Waals surface area contributed by atoms with Crippen LogP contribution in [-0.2, 0) is 0 Å². The highest BCUT2D eigenvalue weighted by molar-refractivity contribution is 9.10. The molecule has 3 rings (SSSR count). The van der Waals surface area contributed by atoms with Crippen molar-refractivity contribution in [3.8, 4) is 0 Å². The third-order valence-corrected chi connectivity index (χ3v) is 5.48. The standard InChI is InChI=1S/C19H23BrN2O/c1-13-11-16(14(2)22(13)15-7-3-4-8-15)19(23)12-21-18-10-6-5-9-17(18)20/h5-6,9-11,15,21H,3-4,7-8,12H2,1-2H3. The first-order chi connectivity index (χ1) is 11.1. The van der Waals surface area contributed by atoms with Gasteiger partial charge in [0, 0.05) is 33.2 Å². The second-order valence-corrected chi connectivity index (χ2v) is 7.20. The van der Waals surface area contributed by atoms with Crippen LogP contribution >= 0.6 is 15.9 Å². The zero-order valence-electron chi connectivity index (χ0n) is 13.7. The normalized spacial score (nSPS) is 15.1. The number of para-hydroxylation sites is 1. The third kappa shape index (κ3) is 3.37. The fraction of sp³-hybridized carbons (Fsp3) is 0.421. The number of hydrogen-bond acceptors (Lipinski definition) is 2. The minimum Gasteiger partial charge on any atom is -0.377 e. The predicted molar refractivity (Wildman–Crippen MR) is 98.4 cm³/mol. The van der Waals surface area contributed by atoms with Gasteiger partial charge in [0.15, 0.2) is 5.78 Å². The van der Waals surface area contributed by atoms with Gasteiger partial charge in [-0.1, -0.05) is 25.0 Å². The van der Waals surface area contributed by atoms with Crippen molar-refractivity contribution in [2.75, 3.05) is 11.9 Å². The maximum atomic E-state index is 12.6. The molecule has 1 aromatic carbocycles. The van der Waals surface area contributed by atoms with E-state index in [1.807, 2.05) is 24.3 Å². The van der Waals surface area contributed by atoms with Crippen molar-refractivity contribution < 1.29 is 4.79 Å². The lowest BCUT2D eigenvalue weighted by Gasteiger charge is -2.17. The Labute approximate surface area is 146 Å². The largest absolute Gasteiger partial charge is 0.377 e. The summed E-state index contributed by atoms with van der Waals surface area (Å²) in [6.45, 7) is 4.51. The van der Waals surface area contributed by atoms with E-state index in [4.69, 9.17) is 0 Å². The van der Waals surface area contributed by atoms with Gasteiger partial charge in [-0.25, -0.2) is 0 Å². The molecule has 0 radical (unpaired) electrons. The summed E-state index contributed by atoms with van der Waals surface area (Å²) in [5.41, 5.74) is 4.13. The highest BCUT2D eigenvalue weighted by Crippen LogP contribution is 2.33. The second-order valence-electron chi connectivity index (χ2n) is 6.35. The Kier molecular flexibility index (Phi) is 4.90.